The van der Waals surface area contributed by atoms with E-state index in [0.717, 1.165) is 6.42 Å². The van der Waals surface area contributed by atoms with E-state index < -0.39 is 5.97 Å². The van der Waals surface area contributed by atoms with E-state index in [1.165, 1.54) is 17.0 Å². The van der Waals surface area contributed by atoms with Crippen molar-refractivity contribution < 1.29 is 23.9 Å². The highest BCUT2D eigenvalue weighted by Gasteiger charge is 2.22. The minimum atomic E-state index is -1.16. The van der Waals surface area contributed by atoms with Crippen LogP contribution in [0.5, 0.6) is 0 Å². The summed E-state index contributed by atoms with van der Waals surface area (Å²) in [6.07, 6.45) is 0.722. The van der Waals surface area contributed by atoms with Crippen LogP contribution in [0.25, 0.3) is 0 Å². The number of furan rings is 1. The van der Waals surface area contributed by atoms with Crippen LogP contribution < -0.4 is 5.32 Å². The van der Waals surface area contributed by atoms with Gasteiger partial charge in [-0.15, -0.1) is 0 Å². The number of nitrogens with one attached hydrogen (secondary N) is 1. The lowest BCUT2D eigenvalue weighted by Crippen LogP contribution is -2.43. The smallest absolute Gasteiger partial charge is 0.371 e. The van der Waals surface area contributed by atoms with Crippen molar-refractivity contribution in [1.29, 1.82) is 0 Å². The summed E-state index contributed by atoms with van der Waals surface area (Å²) in [6, 6.07) is 2.45. The molecule has 0 bridgehead atoms. The molecule has 1 saturated heterocycles. The van der Waals surface area contributed by atoms with Crippen molar-refractivity contribution in [3.05, 3.63) is 23.7 Å². The second-order valence-electron chi connectivity index (χ2n) is 4.82. The molecule has 8 heteroatoms. The summed E-state index contributed by atoms with van der Waals surface area (Å²) in [5.74, 6) is -1.09. The normalized spacial score (nSPS) is 15.8. The minimum Gasteiger partial charge on any atom is -0.475 e. The largest absolute Gasteiger partial charge is 0.475 e. The average molecular weight is 295 g/mol. The molecule has 0 atom stereocenters. The second-order valence-corrected chi connectivity index (χ2v) is 4.82. The molecule has 2 heterocycles. The lowest BCUT2D eigenvalue weighted by atomic mass is 10.4. The average Bonchev–Trinajstić information content (AvgIpc) is 2.85. The lowest BCUT2D eigenvalue weighted by Gasteiger charge is -2.19. The third-order valence-corrected chi connectivity index (χ3v) is 3.25. The Balaban J connectivity index is 1.88. The number of hydrogen-bond acceptors (Lipinski definition) is 4. The van der Waals surface area contributed by atoms with Gasteiger partial charge in [0.25, 0.3) is 0 Å². The fourth-order valence-corrected chi connectivity index (χ4v) is 2.02. The van der Waals surface area contributed by atoms with E-state index in [1.807, 2.05) is 0 Å². The van der Waals surface area contributed by atoms with Crippen molar-refractivity contribution in [2.75, 3.05) is 26.7 Å². The molecule has 0 unspecified atom stereocenters. The summed E-state index contributed by atoms with van der Waals surface area (Å²) in [6.45, 7) is 1.25. The Labute approximate surface area is 121 Å². The van der Waals surface area contributed by atoms with Gasteiger partial charge in [0.05, 0.1) is 6.54 Å². The van der Waals surface area contributed by atoms with Gasteiger partial charge in [-0.1, -0.05) is 0 Å². The zero-order valence-corrected chi connectivity index (χ0v) is 11.7. The molecular weight excluding hydrogens is 278 g/mol. The fraction of sp³-hybridized carbons (Fsp3) is 0.462. The van der Waals surface area contributed by atoms with Gasteiger partial charge in [0.2, 0.25) is 11.7 Å². The van der Waals surface area contributed by atoms with E-state index in [0.29, 0.717) is 18.8 Å². The van der Waals surface area contributed by atoms with Crippen LogP contribution in [0.15, 0.2) is 16.5 Å². The van der Waals surface area contributed by atoms with E-state index in [-0.39, 0.29) is 30.8 Å². The molecule has 1 fully saturated rings. The van der Waals surface area contributed by atoms with Crippen LogP contribution in [-0.4, -0.2) is 59.5 Å². The molecule has 1 aromatic heterocycles. The van der Waals surface area contributed by atoms with Gasteiger partial charge in [0, 0.05) is 20.1 Å². The molecule has 8 nitrogen and oxygen atoms in total. The Morgan fingerprint density at radius 3 is 2.81 bits per heavy atom. The maximum Gasteiger partial charge on any atom is 0.371 e. The summed E-state index contributed by atoms with van der Waals surface area (Å²) < 4.78 is 5.04. The van der Waals surface area contributed by atoms with Crippen molar-refractivity contribution >= 4 is 17.9 Å². The highest BCUT2D eigenvalue weighted by Crippen LogP contribution is 2.08. The molecule has 3 amide bonds. The first-order valence-corrected chi connectivity index (χ1v) is 6.56. The molecule has 0 spiro atoms. The zero-order chi connectivity index (χ0) is 15.4. The summed E-state index contributed by atoms with van der Waals surface area (Å²) in [4.78, 5) is 37.4. The van der Waals surface area contributed by atoms with Crippen LogP contribution in [0.4, 0.5) is 4.79 Å². The molecule has 0 aromatic carbocycles. The van der Waals surface area contributed by atoms with Gasteiger partial charge < -0.3 is 24.6 Å². The topological polar surface area (TPSA) is 103 Å². The van der Waals surface area contributed by atoms with Crippen molar-refractivity contribution in [3.63, 3.8) is 0 Å². The Morgan fingerprint density at radius 1 is 1.38 bits per heavy atom. The van der Waals surface area contributed by atoms with E-state index in [4.69, 9.17) is 9.52 Å². The molecule has 1 aromatic rings. The highest BCUT2D eigenvalue weighted by molar-refractivity contribution is 5.85. The number of carboxylic acid groups (broad SMARTS) is 1. The Kier molecular flexibility index (Phi) is 4.46. The van der Waals surface area contributed by atoms with Crippen LogP contribution in [0.1, 0.15) is 22.7 Å². The molecule has 0 saturated carbocycles. The van der Waals surface area contributed by atoms with Gasteiger partial charge in [-0.3, -0.25) is 4.79 Å². The maximum atomic E-state index is 12.0. The second kappa shape index (κ2) is 6.29. The molecule has 0 aliphatic carbocycles. The third-order valence-electron chi connectivity index (χ3n) is 3.25. The van der Waals surface area contributed by atoms with E-state index in [1.54, 1.807) is 11.9 Å². The van der Waals surface area contributed by atoms with Crippen LogP contribution in [-0.2, 0) is 11.3 Å². The Morgan fingerprint density at radius 2 is 2.14 bits per heavy atom. The quantitative estimate of drug-likeness (QED) is 0.837. The molecule has 21 heavy (non-hydrogen) atoms. The van der Waals surface area contributed by atoms with Crippen LogP contribution in [0, 0.1) is 0 Å². The first kappa shape index (κ1) is 14.9. The standard InChI is InChI=1S/C13H17N3O5/c1-15-5-2-6-16(8-11(15)17)13(20)14-7-9-3-4-10(21-9)12(18)19/h3-4H,2,5-8H2,1H3,(H,14,20)(H,18,19). The monoisotopic (exact) mass is 295 g/mol. The number of likely N-dealkylation sites (N-methyl/N-ethyl adjacent to an activating group) is 1. The minimum absolute atomic E-state index is 0.0425. The van der Waals surface area contributed by atoms with Crippen molar-refractivity contribution in [2.24, 2.45) is 0 Å². The molecule has 2 N–H and O–H groups in total. The van der Waals surface area contributed by atoms with Crippen molar-refractivity contribution in [3.8, 4) is 0 Å². The number of rotatable bonds is 3. The van der Waals surface area contributed by atoms with Crippen molar-refractivity contribution in [1.82, 2.24) is 15.1 Å². The Hall–Kier alpha value is -2.51. The number of hydrogen-bond donors (Lipinski definition) is 2. The van der Waals surface area contributed by atoms with Gasteiger partial charge in [0.15, 0.2) is 0 Å². The van der Waals surface area contributed by atoms with Crippen molar-refractivity contribution in [2.45, 2.75) is 13.0 Å². The lowest BCUT2D eigenvalue weighted by molar-refractivity contribution is -0.129. The summed E-state index contributed by atoms with van der Waals surface area (Å²) in [5, 5.41) is 11.3. The number of amides is 3. The molecular formula is C13H17N3O5. The SMILES string of the molecule is CN1CCCN(C(=O)NCc2ccc(C(=O)O)o2)CC1=O. The molecule has 0 radical (unpaired) electrons. The van der Waals surface area contributed by atoms with Gasteiger partial charge in [0.1, 0.15) is 12.3 Å². The third kappa shape index (κ3) is 3.74. The molecule has 2 rings (SSSR count). The number of carbonyl (C=O) groups is 3. The van der Waals surface area contributed by atoms with Gasteiger partial charge in [-0.25, -0.2) is 9.59 Å². The zero-order valence-electron chi connectivity index (χ0n) is 11.7. The number of carboxylic acids is 1. The molecule has 114 valence electrons. The summed E-state index contributed by atoms with van der Waals surface area (Å²) in [5.41, 5.74) is 0. The Bertz CT molecular complexity index is 554. The van der Waals surface area contributed by atoms with E-state index >= 15 is 0 Å². The highest BCUT2D eigenvalue weighted by atomic mass is 16.4. The van der Waals surface area contributed by atoms with Crippen LogP contribution in [0.3, 0.4) is 0 Å². The molecule has 1 aliphatic heterocycles. The number of nitrogens with zero attached hydrogens (tertiary/aromatic N) is 2. The predicted molar refractivity (Wildman–Crippen MR) is 71.7 cm³/mol. The van der Waals surface area contributed by atoms with Gasteiger partial charge in [-0.2, -0.15) is 0 Å². The molecule has 1 aliphatic rings. The number of urea groups is 1. The summed E-state index contributed by atoms with van der Waals surface area (Å²) in [7, 11) is 1.71. The van der Waals surface area contributed by atoms with Gasteiger partial charge >= 0.3 is 12.0 Å². The van der Waals surface area contributed by atoms with E-state index in [2.05, 4.69) is 5.32 Å². The van der Waals surface area contributed by atoms with Crippen LogP contribution >= 0.6 is 0 Å². The number of aromatic carboxylic acids is 1. The van der Waals surface area contributed by atoms with Crippen LogP contribution in [0.2, 0.25) is 0 Å². The van der Waals surface area contributed by atoms with E-state index in [9.17, 15) is 14.4 Å². The predicted octanol–water partition coefficient (Wildman–Crippen LogP) is 0.351. The maximum absolute atomic E-state index is 12.0. The first-order valence-electron chi connectivity index (χ1n) is 6.56. The van der Waals surface area contributed by atoms with Gasteiger partial charge in [-0.05, 0) is 18.6 Å². The fourth-order valence-electron chi connectivity index (χ4n) is 2.02. The summed E-state index contributed by atoms with van der Waals surface area (Å²) >= 11 is 0. The first-order chi connectivity index (χ1) is 9.97. The number of carbonyl (C=O) groups excluding carboxylic acids is 2.